The molecular formula is C13H12ClFN4O3. The molecule has 7 nitrogen and oxygen atoms in total. The molecule has 2 N–H and O–H groups in total. The van der Waals surface area contributed by atoms with E-state index in [1.54, 1.807) is 0 Å². The number of pyridine rings is 1. The van der Waals surface area contributed by atoms with E-state index < -0.39 is 17.3 Å². The number of fused-ring (bicyclic) bond motifs is 1. The van der Waals surface area contributed by atoms with E-state index in [1.807, 2.05) is 0 Å². The summed E-state index contributed by atoms with van der Waals surface area (Å²) in [5.41, 5.74) is -2.11. The van der Waals surface area contributed by atoms with Crippen molar-refractivity contribution in [2.24, 2.45) is 0 Å². The highest BCUT2D eigenvalue weighted by atomic mass is 35.5. The number of piperidine rings is 1. The van der Waals surface area contributed by atoms with Gasteiger partial charge in [-0.1, -0.05) is 11.6 Å². The van der Waals surface area contributed by atoms with Crippen LogP contribution in [0.15, 0.2) is 17.1 Å². The fourth-order valence-electron chi connectivity index (χ4n) is 2.52. The molecule has 0 saturated carbocycles. The van der Waals surface area contributed by atoms with E-state index in [1.165, 1.54) is 12.3 Å². The average Bonchev–Trinajstić information content (AvgIpc) is 2.48. The Hall–Kier alpha value is -2.22. The topological polar surface area (TPSA) is 99.2 Å². The van der Waals surface area contributed by atoms with Crippen LogP contribution >= 0.6 is 11.6 Å². The summed E-state index contributed by atoms with van der Waals surface area (Å²) in [6, 6.07) is 1.37. The highest BCUT2D eigenvalue weighted by molar-refractivity contribution is 6.30. The molecule has 2 aromatic heterocycles. The van der Waals surface area contributed by atoms with Gasteiger partial charge in [0.2, 0.25) is 0 Å². The lowest BCUT2D eigenvalue weighted by Gasteiger charge is -2.34. The number of nitrogens with one attached hydrogen (secondary N) is 1. The number of nitrogens with zero attached hydrogens (tertiary/aromatic N) is 3. The molecule has 1 amide bonds. The van der Waals surface area contributed by atoms with Crippen LogP contribution in [0.3, 0.4) is 0 Å². The van der Waals surface area contributed by atoms with Gasteiger partial charge in [-0.15, -0.1) is 0 Å². The van der Waals surface area contributed by atoms with Crippen LogP contribution in [0.25, 0.3) is 10.9 Å². The number of aromatic amines is 1. The Balaban J connectivity index is 1.98. The lowest BCUT2D eigenvalue weighted by atomic mass is 9.92. The molecule has 3 heterocycles. The summed E-state index contributed by atoms with van der Waals surface area (Å²) in [5.74, 6) is -0.0980. The van der Waals surface area contributed by atoms with Crippen molar-refractivity contribution in [3.8, 4) is 0 Å². The maximum atomic E-state index is 15.0. The van der Waals surface area contributed by atoms with Gasteiger partial charge in [0, 0.05) is 25.9 Å². The Morgan fingerprint density at radius 2 is 2.14 bits per heavy atom. The predicted octanol–water partition coefficient (Wildman–Crippen LogP) is 1.91. The first-order chi connectivity index (χ1) is 10.4. The monoisotopic (exact) mass is 326 g/mol. The molecule has 1 aliphatic heterocycles. The third-order valence-electron chi connectivity index (χ3n) is 3.81. The maximum Gasteiger partial charge on any atom is 0.407 e. The number of carbonyl (C=O) groups is 1. The van der Waals surface area contributed by atoms with Crippen LogP contribution in [0, 0.1) is 0 Å². The van der Waals surface area contributed by atoms with Gasteiger partial charge >= 0.3 is 6.09 Å². The molecule has 9 heteroatoms. The minimum Gasteiger partial charge on any atom is -0.465 e. The summed E-state index contributed by atoms with van der Waals surface area (Å²) >= 11 is 5.73. The van der Waals surface area contributed by atoms with Gasteiger partial charge in [0.1, 0.15) is 11.0 Å². The fraction of sp³-hybridized carbons (Fsp3) is 0.385. The summed E-state index contributed by atoms with van der Waals surface area (Å²) in [6.07, 6.45) is 0.108. The average molecular weight is 327 g/mol. The number of hydrogen-bond acceptors (Lipinski definition) is 4. The molecule has 1 fully saturated rings. The van der Waals surface area contributed by atoms with E-state index >= 15 is 4.39 Å². The van der Waals surface area contributed by atoms with Gasteiger partial charge in [0.15, 0.2) is 5.67 Å². The van der Waals surface area contributed by atoms with Crippen LogP contribution in [-0.2, 0) is 5.67 Å². The zero-order valence-corrected chi connectivity index (χ0v) is 12.1. The van der Waals surface area contributed by atoms with Crippen LogP contribution in [-0.4, -0.2) is 44.1 Å². The van der Waals surface area contributed by atoms with Crippen LogP contribution in [0.2, 0.25) is 5.15 Å². The molecule has 1 aliphatic rings. The molecule has 3 rings (SSSR count). The normalized spacial score (nSPS) is 17.6. The minimum absolute atomic E-state index is 0.0481. The second kappa shape index (κ2) is 5.20. The number of amides is 1. The van der Waals surface area contributed by atoms with Crippen molar-refractivity contribution in [3.05, 3.63) is 33.6 Å². The van der Waals surface area contributed by atoms with Crippen LogP contribution < -0.4 is 5.56 Å². The number of aromatic nitrogens is 3. The number of carboxylic acid groups (broad SMARTS) is 1. The van der Waals surface area contributed by atoms with Gasteiger partial charge in [0.05, 0.1) is 17.1 Å². The van der Waals surface area contributed by atoms with Crippen molar-refractivity contribution < 1.29 is 14.3 Å². The van der Waals surface area contributed by atoms with Crippen molar-refractivity contribution in [2.45, 2.75) is 18.5 Å². The molecule has 0 aromatic carbocycles. The summed E-state index contributed by atoms with van der Waals surface area (Å²) in [4.78, 5) is 34.5. The van der Waals surface area contributed by atoms with Crippen molar-refractivity contribution in [3.63, 3.8) is 0 Å². The summed E-state index contributed by atoms with van der Waals surface area (Å²) in [6.45, 7) is 0.0961. The minimum atomic E-state index is -1.86. The first-order valence-corrected chi connectivity index (χ1v) is 7.00. The van der Waals surface area contributed by atoms with Crippen LogP contribution in [0.4, 0.5) is 9.18 Å². The number of likely N-dealkylation sites (tertiary alicyclic amines) is 1. The van der Waals surface area contributed by atoms with Gasteiger partial charge in [-0.25, -0.2) is 19.2 Å². The molecule has 22 heavy (non-hydrogen) atoms. The van der Waals surface area contributed by atoms with Crippen molar-refractivity contribution >= 4 is 28.6 Å². The number of rotatable bonds is 1. The van der Waals surface area contributed by atoms with Gasteiger partial charge in [-0.05, 0) is 6.07 Å². The van der Waals surface area contributed by atoms with E-state index in [0.717, 1.165) is 4.90 Å². The Morgan fingerprint density at radius 3 is 2.77 bits per heavy atom. The molecule has 0 bridgehead atoms. The van der Waals surface area contributed by atoms with E-state index in [-0.39, 0.29) is 47.8 Å². The number of halogens is 2. The smallest absolute Gasteiger partial charge is 0.407 e. The van der Waals surface area contributed by atoms with Crippen LogP contribution in [0.5, 0.6) is 0 Å². The lowest BCUT2D eigenvalue weighted by Crippen LogP contribution is -2.43. The van der Waals surface area contributed by atoms with Crippen molar-refractivity contribution in [1.29, 1.82) is 0 Å². The number of H-pyrrole nitrogens is 1. The fourth-order valence-corrected chi connectivity index (χ4v) is 2.68. The predicted molar refractivity (Wildman–Crippen MR) is 76.8 cm³/mol. The van der Waals surface area contributed by atoms with Gasteiger partial charge in [-0.2, -0.15) is 0 Å². The molecule has 2 aromatic rings. The van der Waals surface area contributed by atoms with E-state index in [9.17, 15) is 9.59 Å². The zero-order valence-electron chi connectivity index (χ0n) is 11.3. The van der Waals surface area contributed by atoms with Gasteiger partial charge < -0.3 is 15.0 Å². The molecule has 0 radical (unpaired) electrons. The number of hydrogen-bond donors (Lipinski definition) is 2. The number of alkyl halides is 1. The molecule has 116 valence electrons. The second-order valence-electron chi connectivity index (χ2n) is 5.17. The maximum absolute atomic E-state index is 15.0. The second-order valence-corrected chi connectivity index (χ2v) is 5.56. The van der Waals surface area contributed by atoms with E-state index in [0.29, 0.717) is 0 Å². The first-order valence-electron chi connectivity index (χ1n) is 6.62. The van der Waals surface area contributed by atoms with Gasteiger partial charge in [0.25, 0.3) is 5.56 Å². The molecule has 0 aliphatic carbocycles. The molecule has 0 atom stereocenters. The zero-order chi connectivity index (χ0) is 15.9. The quantitative estimate of drug-likeness (QED) is 0.780. The molecule has 0 spiro atoms. The van der Waals surface area contributed by atoms with Gasteiger partial charge in [-0.3, -0.25) is 4.79 Å². The Morgan fingerprint density at radius 1 is 1.45 bits per heavy atom. The molecular weight excluding hydrogens is 315 g/mol. The highest BCUT2D eigenvalue weighted by Gasteiger charge is 2.40. The first kappa shape index (κ1) is 14.7. The molecule has 0 unspecified atom stereocenters. The molecule has 1 saturated heterocycles. The third-order valence-corrected chi connectivity index (χ3v) is 4.02. The Kier molecular flexibility index (Phi) is 3.48. The third kappa shape index (κ3) is 2.50. The summed E-state index contributed by atoms with van der Waals surface area (Å²) in [5, 5.41) is 9.28. The standard InChI is InChI=1S/C13H12ClFN4O3/c14-9-5-7-8(6-16-9)17-11(18-10(7)20)13(15)1-3-19(4-2-13)12(21)22/h5-6H,1-4H2,(H,21,22)(H,17,18,20). The largest absolute Gasteiger partial charge is 0.465 e. The van der Waals surface area contributed by atoms with E-state index in [4.69, 9.17) is 16.7 Å². The Labute approximate surface area is 128 Å². The SMILES string of the molecule is O=C(O)N1CCC(F)(c2nc3cnc(Cl)cc3c(=O)[nH]2)CC1. The van der Waals surface area contributed by atoms with Crippen molar-refractivity contribution in [1.82, 2.24) is 19.9 Å². The Bertz CT molecular complexity index is 801. The summed E-state index contributed by atoms with van der Waals surface area (Å²) < 4.78 is 15.0. The van der Waals surface area contributed by atoms with Crippen LogP contribution in [0.1, 0.15) is 18.7 Å². The lowest BCUT2D eigenvalue weighted by molar-refractivity contribution is 0.0487. The van der Waals surface area contributed by atoms with E-state index in [2.05, 4.69) is 15.0 Å². The van der Waals surface area contributed by atoms with Crippen molar-refractivity contribution in [2.75, 3.05) is 13.1 Å². The highest BCUT2D eigenvalue weighted by Crippen LogP contribution is 2.35. The summed E-state index contributed by atoms with van der Waals surface area (Å²) in [7, 11) is 0.